The van der Waals surface area contributed by atoms with E-state index < -0.39 is 10.0 Å². The van der Waals surface area contributed by atoms with Crippen molar-refractivity contribution in [1.29, 1.82) is 0 Å². The summed E-state index contributed by atoms with van der Waals surface area (Å²) in [6, 6.07) is 21.9. The van der Waals surface area contributed by atoms with E-state index in [-0.39, 0.29) is 22.0 Å². The number of anilines is 2. The number of rotatable bonds is 8. The lowest BCUT2D eigenvalue weighted by molar-refractivity contribution is 0.0977. The second-order valence-electron chi connectivity index (χ2n) is 7.63. The molecule has 1 amide bonds. The molecule has 0 bridgehead atoms. The fourth-order valence-corrected chi connectivity index (χ4v) is 4.90. The fourth-order valence-electron chi connectivity index (χ4n) is 3.22. The predicted octanol–water partition coefficient (Wildman–Crippen LogP) is 4.82. The third kappa shape index (κ3) is 6.33. The second-order valence-corrected chi connectivity index (χ2v) is 9.90. The molecule has 0 aliphatic heterocycles. The molecular weight excluding hydrogens is 470 g/mol. The van der Waals surface area contributed by atoms with E-state index in [1.807, 2.05) is 19.9 Å². The van der Waals surface area contributed by atoms with E-state index >= 15 is 0 Å². The summed E-state index contributed by atoms with van der Waals surface area (Å²) in [7, 11) is -3.72. The Morgan fingerprint density at radius 3 is 2.15 bits per heavy atom. The number of benzene rings is 3. The molecule has 0 heterocycles. The molecule has 0 aliphatic rings. The lowest BCUT2D eigenvalue weighted by atomic mass is 10.2. The highest BCUT2D eigenvalue weighted by Crippen LogP contribution is 2.24. The molecule has 178 valence electrons. The summed E-state index contributed by atoms with van der Waals surface area (Å²) in [5, 5.41) is 5.61. The number of hydrogen-bond donors (Lipinski definition) is 2. The van der Waals surface area contributed by atoms with Crippen LogP contribution < -0.4 is 19.7 Å². The molecule has 34 heavy (non-hydrogen) atoms. The lowest BCUT2D eigenvalue weighted by Gasteiger charge is -2.23. The first-order chi connectivity index (χ1) is 16.2. The van der Waals surface area contributed by atoms with Crippen LogP contribution in [0.5, 0.6) is 5.75 Å². The van der Waals surface area contributed by atoms with Crippen LogP contribution in [0.25, 0.3) is 0 Å². The van der Waals surface area contributed by atoms with Gasteiger partial charge in [0, 0.05) is 17.8 Å². The van der Waals surface area contributed by atoms with Gasteiger partial charge in [-0.25, -0.2) is 8.42 Å². The van der Waals surface area contributed by atoms with Crippen LogP contribution in [0.1, 0.15) is 31.1 Å². The Kier molecular flexibility index (Phi) is 8.25. The van der Waals surface area contributed by atoms with Gasteiger partial charge in [-0.2, -0.15) is 0 Å². The van der Waals surface area contributed by atoms with Gasteiger partial charge < -0.3 is 10.1 Å². The SMILES string of the molecule is CCN(c1ccccc1)S(=O)(=O)c1ccc(NC(=S)NC(=O)c2ccc(OC(C)C)cc2)cc1. The summed E-state index contributed by atoms with van der Waals surface area (Å²) in [6.07, 6.45) is 0.0428. The molecule has 0 aromatic heterocycles. The van der Waals surface area contributed by atoms with E-state index in [9.17, 15) is 13.2 Å². The highest BCUT2D eigenvalue weighted by Gasteiger charge is 2.23. The molecule has 0 spiro atoms. The van der Waals surface area contributed by atoms with Gasteiger partial charge in [0.15, 0.2) is 5.11 Å². The number of ether oxygens (including phenoxy) is 1. The van der Waals surface area contributed by atoms with Crippen LogP contribution in [-0.2, 0) is 10.0 Å². The van der Waals surface area contributed by atoms with Crippen LogP contribution in [0.15, 0.2) is 83.8 Å². The molecular formula is C25H27N3O4S2. The molecule has 0 unspecified atom stereocenters. The molecule has 0 aliphatic carbocycles. The van der Waals surface area contributed by atoms with Gasteiger partial charge in [0.2, 0.25) is 0 Å². The van der Waals surface area contributed by atoms with Crippen LogP contribution in [0, 0.1) is 0 Å². The Morgan fingerprint density at radius 2 is 1.59 bits per heavy atom. The maximum absolute atomic E-state index is 13.1. The Morgan fingerprint density at radius 1 is 0.971 bits per heavy atom. The molecule has 3 rings (SSSR count). The molecule has 0 radical (unpaired) electrons. The van der Waals surface area contributed by atoms with Gasteiger partial charge in [-0.3, -0.25) is 14.4 Å². The molecule has 7 nitrogen and oxygen atoms in total. The fraction of sp³-hybridized carbons (Fsp3) is 0.200. The Bertz CT molecular complexity index is 1230. The van der Waals surface area contributed by atoms with Gasteiger partial charge >= 0.3 is 0 Å². The third-order valence-corrected chi connectivity index (χ3v) is 6.87. The maximum atomic E-state index is 13.1. The van der Waals surface area contributed by atoms with Crippen molar-refractivity contribution in [2.75, 3.05) is 16.2 Å². The van der Waals surface area contributed by atoms with E-state index in [0.717, 1.165) is 0 Å². The molecule has 3 aromatic carbocycles. The number of para-hydroxylation sites is 1. The summed E-state index contributed by atoms with van der Waals surface area (Å²) < 4.78 is 33.1. The van der Waals surface area contributed by atoms with Crippen molar-refractivity contribution in [3.8, 4) is 5.75 Å². The predicted molar refractivity (Wildman–Crippen MR) is 139 cm³/mol. The average Bonchev–Trinajstić information content (AvgIpc) is 2.80. The smallest absolute Gasteiger partial charge is 0.264 e. The zero-order valence-electron chi connectivity index (χ0n) is 19.2. The molecule has 0 saturated carbocycles. The summed E-state index contributed by atoms with van der Waals surface area (Å²) in [4.78, 5) is 12.6. The highest BCUT2D eigenvalue weighted by atomic mass is 32.2. The zero-order chi connectivity index (χ0) is 24.7. The lowest BCUT2D eigenvalue weighted by Crippen LogP contribution is -2.34. The third-order valence-electron chi connectivity index (χ3n) is 4.75. The summed E-state index contributed by atoms with van der Waals surface area (Å²) in [5.74, 6) is 0.311. The summed E-state index contributed by atoms with van der Waals surface area (Å²) in [6.45, 7) is 5.94. The molecule has 3 aromatic rings. The number of carbonyl (C=O) groups is 1. The minimum absolute atomic E-state index is 0.0428. The van der Waals surface area contributed by atoms with Crippen LogP contribution in [0.4, 0.5) is 11.4 Å². The minimum Gasteiger partial charge on any atom is -0.491 e. The topological polar surface area (TPSA) is 87.7 Å². The first-order valence-electron chi connectivity index (χ1n) is 10.8. The number of carbonyl (C=O) groups excluding carboxylic acids is 1. The molecule has 9 heteroatoms. The molecule has 0 saturated heterocycles. The van der Waals surface area contributed by atoms with E-state index in [1.54, 1.807) is 67.6 Å². The minimum atomic E-state index is -3.72. The van der Waals surface area contributed by atoms with Gasteiger partial charge in [-0.15, -0.1) is 0 Å². The van der Waals surface area contributed by atoms with Crippen molar-refractivity contribution in [2.24, 2.45) is 0 Å². The number of amides is 1. The summed E-state index contributed by atoms with van der Waals surface area (Å²) >= 11 is 5.23. The maximum Gasteiger partial charge on any atom is 0.264 e. The van der Waals surface area contributed by atoms with Crippen LogP contribution >= 0.6 is 12.2 Å². The Labute approximate surface area is 205 Å². The van der Waals surface area contributed by atoms with Crippen molar-refractivity contribution >= 4 is 44.6 Å². The monoisotopic (exact) mass is 497 g/mol. The highest BCUT2D eigenvalue weighted by molar-refractivity contribution is 7.92. The molecule has 0 atom stereocenters. The van der Waals surface area contributed by atoms with Crippen molar-refractivity contribution < 1.29 is 17.9 Å². The van der Waals surface area contributed by atoms with Crippen molar-refractivity contribution in [1.82, 2.24) is 5.32 Å². The van der Waals surface area contributed by atoms with Gasteiger partial charge in [-0.1, -0.05) is 18.2 Å². The molecule has 0 fully saturated rings. The second kappa shape index (κ2) is 11.1. The molecule has 2 N–H and O–H groups in total. The van der Waals surface area contributed by atoms with Crippen molar-refractivity contribution in [3.63, 3.8) is 0 Å². The van der Waals surface area contributed by atoms with E-state index in [1.165, 1.54) is 16.4 Å². The van der Waals surface area contributed by atoms with Crippen LogP contribution in [0.3, 0.4) is 0 Å². The normalized spacial score (nSPS) is 11.1. The van der Waals surface area contributed by atoms with Crippen LogP contribution in [0.2, 0.25) is 0 Å². The van der Waals surface area contributed by atoms with E-state index in [2.05, 4.69) is 10.6 Å². The van der Waals surface area contributed by atoms with E-state index in [0.29, 0.717) is 29.2 Å². The van der Waals surface area contributed by atoms with E-state index in [4.69, 9.17) is 17.0 Å². The average molecular weight is 498 g/mol. The zero-order valence-corrected chi connectivity index (χ0v) is 20.8. The number of hydrogen-bond acceptors (Lipinski definition) is 5. The number of sulfonamides is 1. The Balaban J connectivity index is 1.63. The standard InChI is InChI=1S/C25H27N3O4S2/c1-4-28(21-8-6-5-7-9-21)34(30,31)23-16-12-20(13-17-23)26-25(33)27-24(29)19-10-14-22(15-11-19)32-18(2)3/h5-18H,4H2,1-3H3,(H2,26,27,29,33). The number of nitrogens with one attached hydrogen (secondary N) is 2. The largest absolute Gasteiger partial charge is 0.491 e. The van der Waals surface area contributed by atoms with Crippen LogP contribution in [-0.4, -0.2) is 32.1 Å². The number of nitrogens with zero attached hydrogens (tertiary/aromatic N) is 1. The van der Waals surface area contributed by atoms with Gasteiger partial charge in [0.25, 0.3) is 15.9 Å². The van der Waals surface area contributed by atoms with Crippen molar-refractivity contribution in [2.45, 2.75) is 31.8 Å². The van der Waals surface area contributed by atoms with Gasteiger partial charge in [0.05, 0.1) is 16.7 Å². The first-order valence-corrected chi connectivity index (χ1v) is 12.6. The van der Waals surface area contributed by atoms with Crippen molar-refractivity contribution in [3.05, 3.63) is 84.4 Å². The Hall–Kier alpha value is -3.43. The summed E-state index contributed by atoms with van der Waals surface area (Å²) in [5.41, 5.74) is 1.58. The van der Waals surface area contributed by atoms with Gasteiger partial charge in [0.1, 0.15) is 5.75 Å². The number of thiocarbonyl (C=S) groups is 1. The first kappa shape index (κ1) is 25.2. The quantitative estimate of drug-likeness (QED) is 0.434. The van der Waals surface area contributed by atoms with Gasteiger partial charge in [-0.05, 0) is 93.7 Å².